The molecule has 3 nitrogen and oxygen atoms in total. The predicted octanol–water partition coefficient (Wildman–Crippen LogP) is 2.12. The lowest BCUT2D eigenvalue weighted by Crippen LogP contribution is -2.48. The van der Waals surface area contributed by atoms with Gasteiger partial charge in [0, 0.05) is 24.0 Å². The normalized spacial score (nSPS) is 25.0. The van der Waals surface area contributed by atoms with Crippen LogP contribution in [0.15, 0.2) is 12.1 Å². The van der Waals surface area contributed by atoms with Gasteiger partial charge in [0.2, 0.25) is 0 Å². The molecule has 0 aromatic carbocycles. The molecule has 1 amide bonds. The summed E-state index contributed by atoms with van der Waals surface area (Å²) >= 11 is 1.61. The molecule has 2 rings (SSSR count). The third-order valence-corrected chi connectivity index (χ3v) is 4.42. The van der Waals surface area contributed by atoms with Crippen molar-refractivity contribution in [2.75, 3.05) is 13.1 Å². The maximum absolute atomic E-state index is 12.3. The molecular weight excluding hydrogens is 232 g/mol. The molecule has 4 heteroatoms. The van der Waals surface area contributed by atoms with Gasteiger partial charge in [-0.15, -0.1) is 11.3 Å². The highest BCUT2D eigenvalue weighted by molar-refractivity contribution is 7.14. The summed E-state index contributed by atoms with van der Waals surface area (Å²) in [6.07, 6.45) is 2.02. The SMILES string of the molecule is CCc1ccc(C(=O)N2CC(C)CC(N)C2)s1. The Labute approximate surface area is 107 Å². The second-order valence-corrected chi connectivity index (χ2v) is 6.10. The van der Waals surface area contributed by atoms with E-state index in [1.807, 2.05) is 17.0 Å². The Morgan fingerprint density at radius 2 is 2.29 bits per heavy atom. The zero-order valence-corrected chi connectivity index (χ0v) is 11.3. The predicted molar refractivity (Wildman–Crippen MR) is 71.4 cm³/mol. The molecule has 1 fully saturated rings. The second kappa shape index (κ2) is 5.19. The number of hydrogen-bond donors (Lipinski definition) is 1. The van der Waals surface area contributed by atoms with E-state index in [1.54, 1.807) is 11.3 Å². The van der Waals surface area contributed by atoms with E-state index in [2.05, 4.69) is 13.8 Å². The summed E-state index contributed by atoms with van der Waals surface area (Å²) in [5, 5.41) is 0. The summed E-state index contributed by atoms with van der Waals surface area (Å²) in [6.45, 7) is 5.80. The van der Waals surface area contributed by atoms with Crippen LogP contribution in [0.4, 0.5) is 0 Å². The fraction of sp³-hybridized carbons (Fsp3) is 0.615. The summed E-state index contributed by atoms with van der Waals surface area (Å²) in [7, 11) is 0. The topological polar surface area (TPSA) is 46.3 Å². The fourth-order valence-electron chi connectivity index (χ4n) is 2.40. The van der Waals surface area contributed by atoms with Crippen LogP contribution in [0.25, 0.3) is 0 Å². The largest absolute Gasteiger partial charge is 0.336 e. The fourth-order valence-corrected chi connectivity index (χ4v) is 3.32. The summed E-state index contributed by atoms with van der Waals surface area (Å²) in [5.74, 6) is 0.657. The Morgan fingerprint density at radius 1 is 1.53 bits per heavy atom. The number of thiophene rings is 1. The molecule has 1 aromatic heterocycles. The molecular formula is C13H20N2OS. The van der Waals surface area contributed by atoms with E-state index >= 15 is 0 Å². The quantitative estimate of drug-likeness (QED) is 0.876. The third kappa shape index (κ3) is 2.87. The molecule has 1 saturated heterocycles. The molecule has 2 heterocycles. The third-order valence-electron chi connectivity index (χ3n) is 3.20. The monoisotopic (exact) mass is 252 g/mol. The van der Waals surface area contributed by atoms with Gasteiger partial charge in [-0.3, -0.25) is 4.79 Å². The molecule has 0 bridgehead atoms. The highest BCUT2D eigenvalue weighted by atomic mass is 32.1. The first-order chi connectivity index (χ1) is 8.10. The van der Waals surface area contributed by atoms with Crippen LogP contribution in [0.1, 0.15) is 34.8 Å². The van der Waals surface area contributed by atoms with Crippen LogP contribution in [-0.4, -0.2) is 29.9 Å². The van der Waals surface area contributed by atoms with Gasteiger partial charge < -0.3 is 10.6 Å². The van der Waals surface area contributed by atoms with Crippen molar-refractivity contribution in [3.05, 3.63) is 21.9 Å². The molecule has 1 aliphatic heterocycles. The van der Waals surface area contributed by atoms with Crippen LogP contribution in [0.5, 0.6) is 0 Å². The zero-order chi connectivity index (χ0) is 12.4. The van der Waals surface area contributed by atoms with E-state index in [1.165, 1.54) is 4.88 Å². The van der Waals surface area contributed by atoms with Gasteiger partial charge in [0.05, 0.1) is 4.88 Å². The molecule has 2 unspecified atom stereocenters. The van der Waals surface area contributed by atoms with Gasteiger partial charge in [-0.25, -0.2) is 0 Å². The molecule has 0 saturated carbocycles. The van der Waals surface area contributed by atoms with E-state index in [0.29, 0.717) is 12.5 Å². The molecule has 0 aliphatic carbocycles. The number of carbonyl (C=O) groups excluding carboxylic acids is 1. The van der Waals surface area contributed by atoms with E-state index < -0.39 is 0 Å². The molecule has 1 aliphatic rings. The minimum Gasteiger partial charge on any atom is -0.336 e. The average molecular weight is 252 g/mol. The Morgan fingerprint density at radius 3 is 2.88 bits per heavy atom. The maximum Gasteiger partial charge on any atom is 0.263 e. The Hall–Kier alpha value is -0.870. The van der Waals surface area contributed by atoms with E-state index in [0.717, 1.165) is 24.3 Å². The summed E-state index contributed by atoms with van der Waals surface area (Å²) < 4.78 is 0. The Bertz CT molecular complexity index is 392. The average Bonchev–Trinajstić information content (AvgIpc) is 2.75. The minimum absolute atomic E-state index is 0.133. The molecule has 17 heavy (non-hydrogen) atoms. The maximum atomic E-state index is 12.3. The lowest BCUT2D eigenvalue weighted by atomic mass is 9.96. The standard InChI is InChI=1S/C13H20N2OS/c1-3-11-4-5-12(17-11)13(16)15-7-9(2)6-10(14)8-15/h4-5,9-10H,3,6-8,14H2,1-2H3. The Kier molecular flexibility index (Phi) is 3.84. The van der Waals surface area contributed by atoms with Crippen LogP contribution >= 0.6 is 11.3 Å². The van der Waals surface area contributed by atoms with Crippen molar-refractivity contribution in [2.45, 2.75) is 32.7 Å². The van der Waals surface area contributed by atoms with E-state index in [4.69, 9.17) is 5.73 Å². The van der Waals surface area contributed by atoms with Crippen molar-refractivity contribution in [3.8, 4) is 0 Å². The van der Waals surface area contributed by atoms with Crippen LogP contribution < -0.4 is 5.73 Å². The van der Waals surface area contributed by atoms with Crippen molar-refractivity contribution in [1.29, 1.82) is 0 Å². The van der Waals surface area contributed by atoms with Crippen molar-refractivity contribution >= 4 is 17.2 Å². The summed E-state index contributed by atoms with van der Waals surface area (Å²) in [4.78, 5) is 16.3. The molecule has 0 radical (unpaired) electrons. The van der Waals surface area contributed by atoms with Crippen LogP contribution in [-0.2, 0) is 6.42 Å². The number of amides is 1. The van der Waals surface area contributed by atoms with Crippen molar-refractivity contribution in [2.24, 2.45) is 11.7 Å². The molecule has 2 N–H and O–H groups in total. The van der Waals surface area contributed by atoms with Crippen molar-refractivity contribution in [3.63, 3.8) is 0 Å². The van der Waals surface area contributed by atoms with Crippen molar-refractivity contribution in [1.82, 2.24) is 4.90 Å². The second-order valence-electron chi connectivity index (χ2n) is 4.93. The first kappa shape index (κ1) is 12.6. The van der Waals surface area contributed by atoms with Gasteiger partial charge in [0.15, 0.2) is 0 Å². The van der Waals surface area contributed by atoms with Crippen LogP contribution in [0.2, 0.25) is 0 Å². The number of nitrogens with two attached hydrogens (primary N) is 1. The highest BCUT2D eigenvalue weighted by Crippen LogP contribution is 2.22. The number of nitrogens with zero attached hydrogens (tertiary/aromatic N) is 1. The molecule has 2 atom stereocenters. The van der Waals surface area contributed by atoms with E-state index in [-0.39, 0.29) is 11.9 Å². The number of hydrogen-bond acceptors (Lipinski definition) is 3. The highest BCUT2D eigenvalue weighted by Gasteiger charge is 2.26. The minimum atomic E-state index is 0.133. The number of carbonyl (C=O) groups is 1. The van der Waals surface area contributed by atoms with Gasteiger partial charge in [0.25, 0.3) is 5.91 Å². The van der Waals surface area contributed by atoms with Gasteiger partial charge in [-0.2, -0.15) is 0 Å². The van der Waals surface area contributed by atoms with Crippen LogP contribution in [0, 0.1) is 5.92 Å². The lowest BCUT2D eigenvalue weighted by Gasteiger charge is -2.34. The van der Waals surface area contributed by atoms with Crippen LogP contribution in [0.3, 0.4) is 0 Å². The van der Waals surface area contributed by atoms with Gasteiger partial charge in [-0.1, -0.05) is 13.8 Å². The lowest BCUT2D eigenvalue weighted by molar-refractivity contribution is 0.0666. The van der Waals surface area contributed by atoms with Gasteiger partial charge >= 0.3 is 0 Å². The zero-order valence-electron chi connectivity index (χ0n) is 10.5. The Balaban J connectivity index is 2.08. The molecule has 1 aromatic rings. The summed E-state index contributed by atoms with van der Waals surface area (Å²) in [5.41, 5.74) is 5.97. The number of piperidine rings is 1. The first-order valence-electron chi connectivity index (χ1n) is 6.23. The number of rotatable bonds is 2. The van der Waals surface area contributed by atoms with Gasteiger partial charge in [-0.05, 0) is 30.9 Å². The summed E-state index contributed by atoms with van der Waals surface area (Å²) in [6, 6.07) is 4.12. The first-order valence-corrected chi connectivity index (χ1v) is 7.05. The number of likely N-dealkylation sites (tertiary alicyclic amines) is 1. The number of aryl methyl sites for hydroxylation is 1. The molecule has 94 valence electrons. The van der Waals surface area contributed by atoms with E-state index in [9.17, 15) is 4.79 Å². The molecule has 0 spiro atoms. The van der Waals surface area contributed by atoms with Crippen molar-refractivity contribution < 1.29 is 4.79 Å². The van der Waals surface area contributed by atoms with Gasteiger partial charge in [0.1, 0.15) is 0 Å². The smallest absolute Gasteiger partial charge is 0.263 e.